The van der Waals surface area contributed by atoms with Gasteiger partial charge in [-0.25, -0.2) is 0 Å². The van der Waals surface area contributed by atoms with Crippen LogP contribution in [-0.4, -0.2) is 35.8 Å². The Morgan fingerprint density at radius 2 is 2.29 bits per heavy atom. The monoisotopic (exact) mass is 285 g/mol. The standard InChI is InChI=1S/C15H15N3O3/c1-21-11(6-14(19)20)9-18-15-10(7-16)8-17-13-5-3-2-4-12(13)15/h2-5,8,11H,6,9H2,1H3,(H,17,18)(H,19,20). The summed E-state index contributed by atoms with van der Waals surface area (Å²) in [6.07, 6.45) is 0.930. The number of pyridine rings is 1. The average Bonchev–Trinajstić information content (AvgIpc) is 2.50. The van der Waals surface area contributed by atoms with Crippen LogP contribution in [0.2, 0.25) is 0 Å². The van der Waals surface area contributed by atoms with Crippen LogP contribution in [0.1, 0.15) is 12.0 Å². The van der Waals surface area contributed by atoms with E-state index in [-0.39, 0.29) is 6.42 Å². The minimum atomic E-state index is -0.927. The summed E-state index contributed by atoms with van der Waals surface area (Å²) in [6, 6.07) is 9.54. The molecule has 0 amide bonds. The molecule has 0 spiro atoms. The number of carboxylic acid groups (broad SMARTS) is 1. The van der Waals surface area contributed by atoms with E-state index < -0.39 is 12.1 Å². The van der Waals surface area contributed by atoms with E-state index in [1.807, 2.05) is 24.3 Å². The van der Waals surface area contributed by atoms with Gasteiger partial charge in [0.15, 0.2) is 0 Å². The number of nitriles is 1. The smallest absolute Gasteiger partial charge is 0.306 e. The SMILES string of the molecule is COC(CNc1c(C#N)cnc2ccccc12)CC(=O)O. The third-order valence-electron chi connectivity index (χ3n) is 3.14. The van der Waals surface area contributed by atoms with Gasteiger partial charge in [-0.1, -0.05) is 18.2 Å². The lowest BCUT2D eigenvalue weighted by Crippen LogP contribution is -2.25. The van der Waals surface area contributed by atoms with Crippen molar-refractivity contribution < 1.29 is 14.6 Å². The van der Waals surface area contributed by atoms with E-state index in [1.54, 1.807) is 0 Å². The van der Waals surface area contributed by atoms with Crippen molar-refractivity contribution in [1.82, 2.24) is 4.98 Å². The van der Waals surface area contributed by atoms with Crippen LogP contribution in [-0.2, 0) is 9.53 Å². The number of para-hydroxylation sites is 1. The number of methoxy groups -OCH3 is 1. The molecule has 0 fully saturated rings. The third kappa shape index (κ3) is 3.46. The largest absolute Gasteiger partial charge is 0.481 e. The summed E-state index contributed by atoms with van der Waals surface area (Å²) >= 11 is 0. The van der Waals surface area contributed by atoms with Crippen molar-refractivity contribution in [2.75, 3.05) is 19.0 Å². The molecule has 0 saturated heterocycles. The highest BCUT2D eigenvalue weighted by Gasteiger charge is 2.14. The van der Waals surface area contributed by atoms with Gasteiger partial charge < -0.3 is 15.2 Å². The predicted octanol–water partition coefficient (Wildman–Crippen LogP) is 2.01. The van der Waals surface area contributed by atoms with Gasteiger partial charge in [0.05, 0.1) is 29.3 Å². The van der Waals surface area contributed by atoms with Crippen LogP contribution in [0.5, 0.6) is 0 Å². The maximum Gasteiger partial charge on any atom is 0.306 e. The first-order valence-corrected chi connectivity index (χ1v) is 6.42. The van der Waals surface area contributed by atoms with Gasteiger partial charge in [-0.3, -0.25) is 9.78 Å². The molecule has 1 aromatic carbocycles. The number of hydrogen-bond acceptors (Lipinski definition) is 5. The number of fused-ring (bicyclic) bond motifs is 1. The van der Waals surface area contributed by atoms with Crippen molar-refractivity contribution in [3.05, 3.63) is 36.0 Å². The second-order valence-corrected chi connectivity index (χ2v) is 4.51. The summed E-state index contributed by atoms with van der Waals surface area (Å²) in [5.74, 6) is -0.927. The molecule has 1 aromatic heterocycles. The first kappa shape index (κ1) is 14.8. The molecule has 21 heavy (non-hydrogen) atoms. The van der Waals surface area contributed by atoms with E-state index in [0.29, 0.717) is 17.8 Å². The Labute approximate surface area is 122 Å². The molecule has 2 aromatic rings. The van der Waals surface area contributed by atoms with E-state index in [1.165, 1.54) is 13.3 Å². The Kier molecular flexibility index (Phi) is 4.69. The number of carboxylic acids is 1. The summed E-state index contributed by atoms with van der Waals surface area (Å²) in [5, 5.41) is 21.9. The number of benzene rings is 1. The summed E-state index contributed by atoms with van der Waals surface area (Å²) in [4.78, 5) is 15.0. The number of carbonyl (C=O) groups is 1. The van der Waals surface area contributed by atoms with E-state index in [2.05, 4.69) is 16.4 Å². The molecule has 1 atom stereocenters. The Bertz CT molecular complexity index is 694. The van der Waals surface area contributed by atoms with Gasteiger partial charge >= 0.3 is 5.97 Å². The van der Waals surface area contributed by atoms with Crippen LogP contribution in [0, 0.1) is 11.3 Å². The van der Waals surface area contributed by atoms with Crippen molar-refractivity contribution in [2.45, 2.75) is 12.5 Å². The topological polar surface area (TPSA) is 95.2 Å². The summed E-state index contributed by atoms with van der Waals surface area (Å²) in [7, 11) is 1.46. The van der Waals surface area contributed by atoms with Crippen LogP contribution >= 0.6 is 0 Å². The lowest BCUT2D eigenvalue weighted by Gasteiger charge is -2.16. The molecule has 6 nitrogen and oxygen atoms in total. The van der Waals surface area contributed by atoms with Gasteiger partial charge in [-0.05, 0) is 6.07 Å². The zero-order valence-corrected chi connectivity index (χ0v) is 11.5. The molecule has 0 aliphatic carbocycles. The summed E-state index contributed by atoms with van der Waals surface area (Å²) < 4.78 is 5.13. The Morgan fingerprint density at radius 3 is 2.95 bits per heavy atom. The van der Waals surface area contributed by atoms with Crippen LogP contribution in [0.25, 0.3) is 10.9 Å². The molecular formula is C15H15N3O3. The first-order valence-electron chi connectivity index (χ1n) is 6.42. The normalized spacial score (nSPS) is 11.8. The number of nitrogens with zero attached hydrogens (tertiary/aromatic N) is 2. The molecule has 1 heterocycles. The third-order valence-corrected chi connectivity index (χ3v) is 3.14. The number of hydrogen-bond donors (Lipinski definition) is 2. The van der Waals surface area contributed by atoms with Gasteiger partial charge in [-0.15, -0.1) is 0 Å². The van der Waals surface area contributed by atoms with Gasteiger partial charge in [0.2, 0.25) is 0 Å². The molecule has 2 N–H and O–H groups in total. The van der Waals surface area contributed by atoms with Crippen LogP contribution in [0.4, 0.5) is 5.69 Å². The second-order valence-electron chi connectivity index (χ2n) is 4.51. The Balaban J connectivity index is 2.28. The lowest BCUT2D eigenvalue weighted by atomic mass is 10.1. The molecule has 1 unspecified atom stereocenters. The van der Waals surface area contributed by atoms with Crippen LogP contribution < -0.4 is 5.32 Å². The molecule has 108 valence electrons. The number of aliphatic carboxylic acids is 1. The van der Waals surface area contributed by atoms with Gasteiger partial charge in [0.25, 0.3) is 0 Å². The fraction of sp³-hybridized carbons (Fsp3) is 0.267. The quantitative estimate of drug-likeness (QED) is 0.843. The van der Waals surface area contributed by atoms with E-state index in [4.69, 9.17) is 9.84 Å². The lowest BCUT2D eigenvalue weighted by molar-refractivity contribution is -0.139. The first-order chi connectivity index (χ1) is 10.2. The highest BCUT2D eigenvalue weighted by Crippen LogP contribution is 2.25. The Hall–Kier alpha value is -2.65. The predicted molar refractivity (Wildman–Crippen MR) is 78.0 cm³/mol. The minimum absolute atomic E-state index is 0.103. The number of rotatable bonds is 6. The van der Waals surface area contributed by atoms with Crippen molar-refractivity contribution in [3.63, 3.8) is 0 Å². The number of nitrogens with one attached hydrogen (secondary N) is 1. The Morgan fingerprint density at radius 1 is 1.52 bits per heavy atom. The zero-order valence-electron chi connectivity index (χ0n) is 11.5. The van der Waals surface area contributed by atoms with Crippen molar-refractivity contribution in [3.8, 4) is 6.07 Å². The maximum atomic E-state index is 10.7. The number of aromatic nitrogens is 1. The molecule has 0 bridgehead atoms. The highest BCUT2D eigenvalue weighted by atomic mass is 16.5. The highest BCUT2D eigenvalue weighted by molar-refractivity contribution is 5.93. The fourth-order valence-corrected chi connectivity index (χ4v) is 2.07. The van der Waals surface area contributed by atoms with E-state index in [9.17, 15) is 10.1 Å². The van der Waals surface area contributed by atoms with Gasteiger partial charge in [0, 0.05) is 25.2 Å². The molecule has 0 aliphatic rings. The van der Waals surface area contributed by atoms with Gasteiger partial charge in [0.1, 0.15) is 6.07 Å². The van der Waals surface area contributed by atoms with E-state index in [0.717, 1.165) is 10.9 Å². The fourth-order valence-electron chi connectivity index (χ4n) is 2.07. The van der Waals surface area contributed by atoms with Crippen molar-refractivity contribution >= 4 is 22.6 Å². The molecule has 2 rings (SSSR count). The summed E-state index contributed by atoms with van der Waals surface area (Å²) in [5.41, 5.74) is 1.83. The second kappa shape index (κ2) is 6.68. The molecular weight excluding hydrogens is 270 g/mol. The zero-order chi connectivity index (χ0) is 15.2. The van der Waals surface area contributed by atoms with Crippen LogP contribution in [0.15, 0.2) is 30.5 Å². The van der Waals surface area contributed by atoms with Crippen molar-refractivity contribution in [2.24, 2.45) is 0 Å². The summed E-state index contributed by atoms with van der Waals surface area (Å²) in [6.45, 7) is 0.297. The molecule has 0 saturated carbocycles. The average molecular weight is 285 g/mol. The van der Waals surface area contributed by atoms with Crippen LogP contribution in [0.3, 0.4) is 0 Å². The van der Waals surface area contributed by atoms with Crippen molar-refractivity contribution in [1.29, 1.82) is 5.26 Å². The number of anilines is 1. The van der Waals surface area contributed by atoms with Gasteiger partial charge in [-0.2, -0.15) is 5.26 Å². The van der Waals surface area contributed by atoms with E-state index >= 15 is 0 Å². The maximum absolute atomic E-state index is 10.7. The number of ether oxygens (including phenoxy) is 1. The molecule has 6 heteroatoms. The minimum Gasteiger partial charge on any atom is -0.481 e. The molecule has 0 aliphatic heterocycles. The molecule has 0 radical (unpaired) electrons.